The lowest BCUT2D eigenvalue weighted by molar-refractivity contribution is 0.0602. The number of nitrogens with two attached hydrogens (primary N) is 1. The van der Waals surface area contributed by atoms with Gasteiger partial charge < -0.3 is 15.8 Å². The van der Waals surface area contributed by atoms with Crippen LogP contribution in [0.1, 0.15) is 30.1 Å². The number of hydrogen-bond acceptors (Lipinski definition) is 5. The average Bonchev–Trinajstić information content (AvgIpc) is 2.92. The molecular weight excluding hydrogens is 254 g/mol. The van der Waals surface area contributed by atoms with Crippen molar-refractivity contribution < 1.29 is 9.53 Å². The second-order valence-electron chi connectivity index (χ2n) is 5.10. The van der Waals surface area contributed by atoms with Gasteiger partial charge in [0.25, 0.3) is 0 Å². The molecule has 1 heterocycles. The maximum atomic E-state index is 11.8. The van der Waals surface area contributed by atoms with Gasteiger partial charge in [-0.3, -0.25) is 4.90 Å². The molecule has 0 bridgehead atoms. The summed E-state index contributed by atoms with van der Waals surface area (Å²) < 4.78 is 4.80. The van der Waals surface area contributed by atoms with Gasteiger partial charge >= 0.3 is 5.97 Å². The summed E-state index contributed by atoms with van der Waals surface area (Å²) in [5.74, 6) is -0.362. The number of esters is 1. The summed E-state index contributed by atoms with van der Waals surface area (Å²) in [4.78, 5) is 14.2. The first-order valence-corrected chi connectivity index (χ1v) is 7.11. The molecule has 0 aromatic heterocycles. The zero-order valence-corrected chi connectivity index (χ0v) is 12.2. The van der Waals surface area contributed by atoms with Crippen molar-refractivity contribution in [3.8, 4) is 0 Å². The summed E-state index contributed by atoms with van der Waals surface area (Å²) >= 11 is 0. The van der Waals surface area contributed by atoms with E-state index in [1.807, 2.05) is 6.07 Å². The molecule has 5 nitrogen and oxygen atoms in total. The molecule has 2 rings (SSSR count). The number of carbonyl (C=O) groups excluding carboxylic acids is 1. The van der Waals surface area contributed by atoms with Crippen molar-refractivity contribution in [2.75, 3.05) is 37.8 Å². The van der Waals surface area contributed by atoms with Crippen LogP contribution in [0.5, 0.6) is 0 Å². The van der Waals surface area contributed by atoms with E-state index in [-0.39, 0.29) is 5.97 Å². The lowest BCUT2D eigenvalue weighted by atomic mass is 10.1. The summed E-state index contributed by atoms with van der Waals surface area (Å²) in [5.41, 5.74) is 7.58. The first-order valence-electron chi connectivity index (χ1n) is 7.11. The third-order valence-electron chi connectivity index (χ3n) is 3.88. The Morgan fingerprint density at radius 1 is 1.55 bits per heavy atom. The van der Waals surface area contributed by atoms with Crippen LogP contribution in [0.2, 0.25) is 0 Å². The molecule has 1 aromatic carbocycles. The van der Waals surface area contributed by atoms with Gasteiger partial charge in [-0.05, 0) is 44.1 Å². The second kappa shape index (κ2) is 6.61. The van der Waals surface area contributed by atoms with Crippen LogP contribution in [0, 0.1) is 0 Å². The summed E-state index contributed by atoms with van der Waals surface area (Å²) in [6.07, 6.45) is 2.44. The van der Waals surface area contributed by atoms with Crippen LogP contribution in [0.15, 0.2) is 18.2 Å². The van der Waals surface area contributed by atoms with Crippen LogP contribution < -0.4 is 11.1 Å². The topological polar surface area (TPSA) is 67.6 Å². The van der Waals surface area contributed by atoms with E-state index in [1.54, 1.807) is 12.1 Å². The normalized spacial score (nSPS) is 19.0. The Morgan fingerprint density at radius 3 is 3.05 bits per heavy atom. The molecule has 1 fully saturated rings. The number of nitrogen functional groups attached to an aromatic ring is 1. The van der Waals surface area contributed by atoms with Gasteiger partial charge in [0.05, 0.1) is 12.7 Å². The van der Waals surface area contributed by atoms with Crippen LogP contribution in [0.25, 0.3) is 0 Å². The number of ether oxygens (including phenoxy) is 1. The van der Waals surface area contributed by atoms with Crippen LogP contribution in [0.4, 0.5) is 11.4 Å². The minimum absolute atomic E-state index is 0.362. The zero-order valence-electron chi connectivity index (χ0n) is 12.2. The Kier molecular flexibility index (Phi) is 4.84. The quantitative estimate of drug-likeness (QED) is 0.636. The van der Waals surface area contributed by atoms with E-state index < -0.39 is 0 Å². The predicted molar refractivity (Wildman–Crippen MR) is 81.0 cm³/mol. The average molecular weight is 277 g/mol. The standard InChI is InChI=1S/C15H23N3O2/c1-3-18-8-4-5-12(18)10-17-14-7-6-11(16)9-13(14)15(19)20-2/h6-7,9,12,17H,3-5,8,10,16H2,1-2H3. The molecular formula is C15H23N3O2. The van der Waals surface area contributed by atoms with E-state index in [0.717, 1.165) is 25.3 Å². The summed E-state index contributed by atoms with van der Waals surface area (Å²) in [5, 5.41) is 3.36. The Morgan fingerprint density at radius 2 is 2.35 bits per heavy atom. The van der Waals surface area contributed by atoms with Crippen molar-refractivity contribution >= 4 is 17.3 Å². The van der Waals surface area contributed by atoms with E-state index in [9.17, 15) is 4.79 Å². The molecule has 1 unspecified atom stereocenters. The van der Waals surface area contributed by atoms with Gasteiger partial charge in [0.2, 0.25) is 0 Å². The van der Waals surface area contributed by atoms with E-state index in [2.05, 4.69) is 17.1 Å². The molecule has 0 aliphatic carbocycles. The Bertz CT molecular complexity index is 476. The summed E-state index contributed by atoms with van der Waals surface area (Å²) in [6, 6.07) is 5.82. The van der Waals surface area contributed by atoms with Crippen molar-refractivity contribution in [1.82, 2.24) is 4.90 Å². The number of carbonyl (C=O) groups is 1. The highest BCUT2D eigenvalue weighted by atomic mass is 16.5. The van der Waals surface area contributed by atoms with Crippen LogP contribution in [-0.4, -0.2) is 43.7 Å². The third-order valence-corrected chi connectivity index (χ3v) is 3.88. The smallest absolute Gasteiger partial charge is 0.340 e. The molecule has 20 heavy (non-hydrogen) atoms. The maximum absolute atomic E-state index is 11.8. The van der Waals surface area contributed by atoms with E-state index in [0.29, 0.717) is 17.3 Å². The second-order valence-corrected chi connectivity index (χ2v) is 5.10. The lowest BCUT2D eigenvalue weighted by Gasteiger charge is -2.24. The van der Waals surface area contributed by atoms with Crippen LogP contribution in [0.3, 0.4) is 0 Å². The van der Waals surface area contributed by atoms with Crippen molar-refractivity contribution in [2.45, 2.75) is 25.8 Å². The minimum Gasteiger partial charge on any atom is -0.465 e. The first kappa shape index (κ1) is 14.7. The van der Waals surface area contributed by atoms with Crippen molar-refractivity contribution in [1.29, 1.82) is 0 Å². The molecule has 1 saturated heterocycles. The number of methoxy groups -OCH3 is 1. The molecule has 5 heteroatoms. The van der Waals surface area contributed by atoms with Gasteiger partial charge in [-0.1, -0.05) is 6.92 Å². The molecule has 1 atom stereocenters. The molecule has 110 valence electrons. The van der Waals surface area contributed by atoms with Gasteiger partial charge in [0.15, 0.2) is 0 Å². The molecule has 1 aliphatic heterocycles. The summed E-state index contributed by atoms with van der Waals surface area (Å²) in [7, 11) is 1.38. The monoisotopic (exact) mass is 277 g/mol. The Hall–Kier alpha value is -1.75. The number of anilines is 2. The highest BCUT2D eigenvalue weighted by molar-refractivity contribution is 5.96. The van der Waals surface area contributed by atoms with Crippen LogP contribution >= 0.6 is 0 Å². The van der Waals surface area contributed by atoms with Gasteiger partial charge in [0, 0.05) is 24.0 Å². The fourth-order valence-corrected chi connectivity index (χ4v) is 2.77. The van der Waals surface area contributed by atoms with Crippen LogP contribution in [-0.2, 0) is 4.74 Å². The number of nitrogens with zero attached hydrogens (tertiary/aromatic N) is 1. The van der Waals surface area contributed by atoms with Crippen molar-refractivity contribution in [3.05, 3.63) is 23.8 Å². The molecule has 1 aliphatic rings. The maximum Gasteiger partial charge on any atom is 0.340 e. The lowest BCUT2D eigenvalue weighted by Crippen LogP contribution is -2.34. The largest absolute Gasteiger partial charge is 0.465 e. The van der Waals surface area contributed by atoms with Crippen molar-refractivity contribution in [3.63, 3.8) is 0 Å². The fourth-order valence-electron chi connectivity index (χ4n) is 2.77. The third kappa shape index (κ3) is 3.22. The fraction of sp³-hybridized carbons (Fsp3) is 0.533. The molecule has 0 spiro atoms. The Balaban J connectivity index is 2.07. The number of nitrogens with one attached hydrogen (secondary N) is 1. The first-order chi connectivity index (χ1) is 9.65. The molecule has 1 aromatic rings. The molecule has 0 radical (unpaired) electrons. The van der Waals surface area contributed by atoms with Crippen molar-refractivity contribution in [2.24, 2.45) is 0 Å². The van der Waals surface area contributed by atoms with Gasteiger partial charge in [-0.2, -0.15) is 0 Å². The SMILES string of the molecule is CCN1CCCC1CNc1ccc(N)cc1C(=O)OC. The molecule has 0 saturated carbocycles. The van der Waals surface area contributed by atoms with Gasteiger partial charge in [-0.25, -0.2) is 4.79 Å². The number of benzene rings is 1. The highest BCUT2D eigenvalue weighted by Gasteiger charge is 2.23. The molecule has 3 N–H and O–H groups in total. The summed E-state index contributed by atoms with van der Waals surface area (Å²) in [6.45, 7) is 5.25. The number of rotatable bonds is 5. The predicted octanol–water partition coefficient (Wildman–Crippen LogP) is 1.95. The minimum atomic E-state index is -0.362. The highest BCUT2D eigenvalue weighted by Crippen LogP contribution is 2.22. The van der Waals surface area contributed by atoms with E-state index in [1.165, 1.54) is 20.0 Å². The Labute approximate surface area is 120 Å². The number of likely N-dealkylation sites (N-methyl/N-ethyl adjacent to an activating group) is 1. The van der Waals surface area contributed by atoms with E-state index in [4.69, 9.17) is 10.5 Å². The molecule has 0 amide bonds. The van der Waals surface area contributed by atoms with Gasteiger partial charge in [-0.15, -0.1) is 0 Å². The van der Waals surface area contributed by atoms with Gasteiger partial charge in [0.1, 0.15) is 0 Å². The number of hydrogen-bond donors (Lipinski definition) is 2. The van der Waals surface area contributed by atoms with E-state index >= 15 is 0 Å². The zero-order chi connectivity index (χ0) is 14.5. The number of likely N-dealkylation sites (tertiary alicyclic amines) is 1.